The Hall–Kier alpha value is -0.750. The van der Waals surface area contributed by atoms with Crippen LogP contribution in [0.1, 0.15) is 96.0 Å². The molecule has 1 amide bonds. The molecule has 0 heterocycles. The number of amides is 1. The average Bonchev–Trinajstić information content (AvgIpc) is 2.75. The fourth-order valence-corrected chi connectivity index (χ4v) is 4.12. The van der Waals surface area contributed by atoms with Crippen LogP contribution in [-0.2, 0) is 4.79 Å². The van der Waals surface area contributed by atoms with E-state index in [1.807, 2.05) is 31.2 Å². The highest BCUT2D eigenvalue weighted by Crippen LogP contribution is 2.29. The van der Waals surface area contributed by atoms with Crippen molar-refractivity contribution < 1.29 is 4.79 Å². The Kier molecular flexibility index (Phi) is 16.2. The number of carbonyl (C=O) groups excluding carboxylic acids is 1. The number of benzene rings is 1. The summed E-state index contributed by atoms with van der Waals surface area (Å²) in [5.41, 5.74) is 1.88. The van der Waals surface area contributed by atoms with Crippen LogP contribution >= 0.6 is 47.0 Å². The largest absolute Gasteiger partial charge is 0.339 e. The highest BCUT2D eigenvalue weighted by molar-refractivity contribution is 7.80. The zero-order valence-corrected chi connectivity index (χ0v) is 23.1. The van der Waals surface area contributed by atoms with Crippen molar-refractivity contribution >= 4 is 63.7 Å². The molecule has 0 aromatic heterocycles. The third-order valence-electron chi connectivity index (χ3n) is 5.56. The Bertz CT molecular complexity index is 698. The van der Waals surface area contributed by atoms with Crippen LogP contribution in [0.3, 0.4) is 0 Å². The van der Waals surface area contributed by atoms with E-state index < -0.39 is 9.96 Å². The van der Waals surface area contributed by atoms with Gasteiger partial charge in [-0.05, 0) is 37.2 Å². The van der Waals surface area contributed by atoms with Gasteiger partial charge in [-0.25, -0.2) is 0 Å². The number of halogens is 3. The van der Waals surface area contributed by atoms with Gasteiger partial charge in [0.05, 0.1) is 0 Å². The van der Waals surface area contributed by atoms with Crippen LogP contribution in [-0.4, -0.2) is 21.0 Å². The molecule has 0 aliphatic carbocycles. The van der Waals surface area contributed by atoms with Crippen LogP contribution in [0.25, 0.3) is 0 Å². The van der Waals surface area contributed by atoms with E-state index in [1.165, 1.54) is 57.8 Å². The summed E-state index contributed by atoms with van der Waals surface area (Å²) in [7, 11) is 0. The van der Waals surface area contributed by atoms with E-state index in [0.717, 1.165) is 30.5 Å². The number of hydrogen-bond acceptors (Lipinski definition) is 2. The van der Waals surface area contributed by atoms with Crippen molar-refractivity contribution in [1.29, 1.82) is 0 Å². The summed E-state index contributed by atoms with van der Waals surface area (Å²) in [4.78, 5) is 12.4. The fourth-order valence-electron chi connectivity index (χ4n) is 3.56. The second-order valence-corrected chi connectivity index (χ2v) is 11.4. The van der Waals surface area contributed by atoms with Crippen LogP contribution in [0, 0.1) is 6.92 Å². The number of thiocarbonyl (C=S) groups is 1. The summed E-state index contributed by atoms with van der Waals surface area (Å²) in [6.45, 7) is 4.22. The van der Waals surface area contributed by atoms with Gasteiger partial charge in [0.25, 0.3) is 0 Å². The molecule has 1 atom stereocenters. The molecule has 8 heteroatoms. The third kappa shape index (κ3) is 15.0. The normalized spacial score (nSPS) is 12.3. The van der Waals surface area contributed by atoms with Gasteiger partial charge < -0.3 is 16.0 Å². The first-order chi connectivity index (χ1) is 15.7. The highest BCUT2D eigenvalue weighted by Gasteiger charge is 2.34. The summed E-state index contributed by atoms with van der Waals surface area (Å²) in [6.07, 6.45) is 14.4. The van der Waals surface area contributed by atoms with E-state index >= 15 is 0 Å². The van der Waals surface area contributed by atoms with E-state index in [1.54, 1.807) is 0 Å². The Morgan fingerprint density at radius 3 is 1.91 bits per heavy atom. The zero-order chi connectivity index (χ0) is 24.5. The lowest BCUT2D eigenvalue weighted by Crippen LogP contribution is -2.56. The molecule has 33 heavy (non-hydrogen) atoms. The third-order valence-corrected chi connectivity index (χ3v) is 6.43. The molecule has 0 unspecified atom stereocenters. The average molecular weight is 537 g/mol. The van der Waals surface area contributed by atoms with Crippen molar-refractivity contribution in [3.05, 3.63) is 29.8 Å². The molecule has 4 nitrogen and oxygen atoms in total. The number of unbranched alkanes of at least 4 members (excludes halogenated alkanes) is 11. The maximum Gasteiger partial charge on any atom is 0.228 e. The molecule has 1 aromatic rings. The molecular formula is C25H40Cl3N3OS. The van der Waals surface area contributed by atoms with Crippen LogP contribution in [0.5, 0.6) is 0 Å². The standard InChI is InChI=1S/C25H40Cl3N3OS/c1-3-4-5-6-7-8-9-10-11-12-13-14-19-22(32)30-23(25(26,27)28)31-24(33)29-21-18-16-15-17-20(21)2/h15-18,23H,3-14,19H2,1-2H3,(H,30,32)(H2,29,31,33)/t23-/m0/s1. The summed E-state index contributed by atoms with van der Waals surface area (Å²) < 4.78 is -1.75. The SMILES string of the molecule is CCCCCCCCCCCCCCC(=O)N[C@@H](NC(=S)Nc1ccccc1C)C(Cl)(Cl)Cl. The fraction of sp³-hybridized carbons (Fsp3) is 0.680. The number of alkyl halides is 3. The Balaban J connectivity index is 2.23. The van der Waals surface area contributed by atoms with Crippen LogP contribution in [0.4, 0.5) is 5.69 Å². The van der Waals surface area contributed by atoms with Crippen molar-refractivity contribution in [1.82, 2.24) is 10.6 Å². The van der Waals surface area contributed by atoms with Gasteiger partial charge in [-0.1, -0.05) is 131 Å². The Morgan fingerprint density at radius 1 is 0.879 bits per heavy atom. The molecule has 0 saturated heterocycles. The molecule has 0 saturated carbocycles. The monoisotopic (exact) mass is 535 g/mol. The van der Waals surface area contributed by atoms with E-state index in [2.05, 4.69) is 22.9 Å². The molecule has 0 fully saturated rings. The molecule has 1 aromatic carbocycles. The molecule has 0 aliphatic heterocycles. The maximum absolute atomic E-state index is 12.4. The number of carbonyl (C=O) groups is 1. The maximum atomic E-state index is 12.4. The first kappa shape index (κ1) is 30.3. The van der Waals surface area contributed by atoms with Gasteiger partial charge in [0, 0.05) is 12.1 Å². The quantitative estimate of drug-likeness (QED) is 0.0862. The van der Waals surface area contributed by atoms with E-state index in [4.69, 9.17) is 47.0 Å². The highest BCUT2D eigenvalue weighted by atomic mass is 35.6. The molecule has 3 N–H and O–H groups in total. The number of nitrogens with one attached hydrogen (secondary N) is 3. The van der Waals surface area contributed by atoms with Gasteiger partial charge in [-0.15, -0.1) is 0 Å². The van der Waals surface area contributed by atoms with E-state index in [9.17, 15) is 4.79 Å². The van der Waals surface area contributed by atoms with Crippen molar-refractivity contribution in [3.8, 4) is 0 Å². The van der Waals surface area contributed by atoms with E-state index in [0.29, 0.717) is 6.42 Å². The molecule has 188 valence electrons. The summed E-state index contributed by atoms with van der Waals surface area (Å²) >= 11 is 23.5. The smallest absolute Gasteiger partial charge is 0.228 e. The topological polar surface area (TPSA) is 53.2 Å². The lowest BCUT2D eigenvalue weighted by atomic mass is 10.0. The Morgan fingerprint density at radius 2 is 1.39 bits per heavy atom. The lowest BCUT2D eigenvalue weighted by molar-refractivity contribution is -0.122. The zero-order valence-electron chi connectivity index (χ0n) is 20.0. The van der Waals surface area contributed by atoms with Crippen molar-refractivity contribution in [3.63, 3.8) is 0 Å². The number of aryl methyl sites for hydroxylation is 1. The van der Waals surface area contributed by atoms with Gasteiger partial charge in [-0.2, -0.15) is 0 Å². The minimum absolute atomic E-state index is 0.162. The summed E-state index contributed by atoms with van der Waals surface area (Å²) in [5.74, 6) is -0.162. The first-order valence-corrected chi connectivity index (χ1v) is 13.8. The summed E-state index contributed by atoms with van der Waals surface area (Å²) in [6, 6.07) is 7.71. The molecule has 0 radical (unpaired) electrons. The van der Waals surface area contributed by atoms with E-state index in [-0.39, 0.29) is 11.0 Å². The molecule has 1 rings (SSSR count). The van der Waals surface area contributed by atoms with Crippen LogP contribution in [0.2, 0.25) is 0 Å². The van der Waals surface area contributed by atoms with Gasteiger partial charge in [0.1, 0.15) is 6.17 Å². The predicted octanol–water partition coefficient (Wildman–Crippen LogP) is 8.19. The van der Waals surface area contributed by atoms with Crippen LogP contribution < -0.4 is 16.0 Å². The molecule has 0 spiro atoms. The molecule has 0 bridgehead atoms. The minimum Gasteiger partial charge on any atom is -0.339 e. The van der Waals surface area contributed by atoms with Crippen molar-refractivity contribution in [2.45, 2.75) is 107 Å². The number of anilines is 1. The second kappa shape index (κ2) is 17.7. The van der Waals surface area contributed by atoms with Crippen molar-refractivity contribution in [2.24, 2.45) is 0 Å². The number of hydrogen-bond donors (Lipinski definition) is 3. The number of para-hydroxylation sites is 1. The Labute approximate surface area is 220 Å². The number of rotatable bonds is 16. The van der Waals surface area contributed by atoms with Gasteiger partial charge in [0.2, 0.25) is 9.70 Å². The van der Waals surface area contributed by atoms with Crippen LogP contribution in [0.15, 0.2) is 24.3 Å². The van der Waals surface area contributed by atoms with Crippen molar-refractivity contribution in [2.75, 3.05) is 5.32 Å². The van der Waals surface area contributed by atoms with Gasteiger partial charge in [0.15, 0.2) is 5.11 Å². The summed E-state index contributed by atoms with van der Waals surface area (Å²) in [5, 5.41) is 9.00. The predicted molar refractivity (Wildman–Crippen MR) is 148 cm³/mol. The van der Waals surface area contributed by atoms with Gasteiger partial charge >= 0.3 is 0 Å². The second-order valence-electron chi connectivity index (χ2n) is 8.59. The molecular weight excluding hydrogens is 497 g/mol. The minimum atomic E-state index is -1.75. The van der Waals surface area contributed by atoms with Gasteiger partial charge in [-0.3, -0.25) is 4.79 Å². The lowest BCUT2D eigenvalue weighted by Gasteiger charge is -2.28. The molecule has 0 aliphatic rings. The first-order valence-electron chi connectivity index (χ1n) is 12.2.